The number of piperidine rings is 2. The number of aliphatic hydroxyl groups excluding tert-OH is 1. The minimum Gasteiger partial charge on any atom is -0.487 e. The average Bonchev–Trinajstić information content (AvgIpc) is 2.67. The number of carbonyl (C=O) groups is 2. The van der Waals surface area contributed by atoms with E-state index in [1.54, 1.807) is 23.9 Å². The summed E-state index contributed by atoms with van der Waals surface area (Å²) >= 11 is 0. The Morgan fingerprint density at radius 3 is 2.17 bits per heavy atom. The number of ether oxygens (including phenoxy) is 1. The fourth-order valence-corrected chi connectivity index (χ4v) is 3.88. The minimum atomic E-state index is -0.950. The Morgan fingerprint density at radius 1 is 1.03 bits per heavy atom. The molecule has 9 heteroatoms. The van der Waals surface area contributed by atoms with Crippen LogP contribution in [0.5, 0.6) is 5.75 Å². The number of carbonyl (C=O) groups excluding carboxylic acids is 2. The SMILES string of the molecule is CN(C)C(=O)N1CCC(C(=O)N2CC[C@@H](Oc3cc(F)cc(F)c3)[C@H](O)C2)CC1. The highest BCUT2D eigenvalue weighted by Crippen LogP contribution is 2.25. The summed E-state index contributed by atoms with van der Waals surface area (Å²) < 4.78 is 32.2. The average molecular weight is 411 g/mol. The summed E-state index contributed by atoms with van der Waals surface area (Å²) in [6.45, 7) is 1.56. The van der Waals surface area contributed by atoms with Crippen molar-refractivity contribution in [2.45, 2.75) is 31.5 Å². The molecule has 160 valence electrons. The van der Waals surface area contributed by atoms with Gasteiger partial charge in [-0.3, -0.25) is 4.79 Å². The fraction of sp³-hybridized carbons (Fsp3) is 0.600. The first kappa shape index (κ1) is 21.3. The summed E-state index contributed by atoms with van der Waals surface area (Å²) in [7, 11) is 3.40. The smallest absolute Gasteiger partial charge is 0.319 e. The molecule has 1 aromatic carbocycles. The molecule has 0 saturated carbocycles. The zero-order valence-corrected chi connectivity index (χ0v) is 16.7. The number of likely N-dealkylation sites (tertiary alicyclic amines) is 2. The number of rotatable bonds is 3. The maximum absolute atomic E-state index is 13.3. The number of benzene rings is 1. The van der Waals surface area contributed by atoms with E-state index in [1.807, 2.05) is 0 Å². The number of aliphatic hydroxyl groups is 1. The summed E-state index contributed by atoms with van der Waals surface area (Å²) in [6, 6.07) is 2.83. The summed E-state index contributed by atoms with van der Waals surface area (Å²) in [5, 5.41) is 10.4. The number of hydrogen-bond acceptors (Lipinski definition) is 4. The maximum Gasteiger partial charge on any atom is 0.319 e. The second kappa shape index (κ2) is 8.94. The molecular weight excluding hydrogens is 384 g/mol. The predicted molar refractivity (Wildman–Crippen MR) is 101 cm³/mol. The maximum atomic E-state index is 13.3. The first-order valence-electron chi connectivity index (χ1n) is 9.80. The Balaban J connectivity index is 1.51. The van der Waals surface area contributed by atoms with Gasteiger partial charge in [0.1, 0.15) is 29.6 Å². The Bertz CT molecular complexity index is 733. The third-order valence-electron chi connectivity index (χ3n) is 5.45. The molecule has 29 heavy (non-hydrogen) atoms. The molecule has 2 fully saturated rings. The molecule has 0 unspecified atom stereocenters. The predicted octanol–water partition coefficient (Wildman–Crippen LogP) is 1.70. The molecule has 2 aliphatic heterocycles. The Kier molecular flexibility index (Phi) is 6.56. The van der Waals surface area contributed by atoms with Gasteiger partial charge in [-0.1, -0.05) is 0 Å². The largest absolute Gasteiger partial charge is 0.487 e. The lowest BCUT2D eigenvalue weighted by Crippen LogP contribution is -2.53. The lowest BCUT2D eigenvalue weighted by atomic mass is 9.93. The molecule has 2 saturated heterocycles. The number of β-amino-alcohol motifs (C(OH)–C–C–N with tert-alkyl or cyclic N) is 1. The number of urea groups is 1. The zero-order chi connectivity index (χ0) is 21.1. The molecule has 2 heterocycles. The molecule has 3 rings (SSSR count). The lowest BCUT2D eigenvalue weighted by molar-refractivity contribution is -0.142. The van der Waals surface area contributed by atoms with Gasteiger partial charge in [0.25, 0.3) is 0 Å². The summed E-state index contributed by atoms with van der Waals surface area (Å²) in [5.41, 5.74) is 0. The van der Waals surface area contributed by atoms with Crippen molar-refractivity contribution in [3.8, 4) is 5.75 Å². The van der Waals surface area contributed by atoms with Gasteiger partial charge in [-0.15, -0.1) is 0 Å². The van der Waals surface area contributed by atoms with E-state index in [9.17, 15) is 23.5 Å². The van der Waals surface area contributed by atoms with E-state index < -0.39 is 23.8 Å². The summed E-state index contributed by atoms with van der Waals surface area (Å²) in [5.74, 6) is -1.69. The molecule has 2 aliphatic rings. The first-order chi connectivity index (χ1) is 13.7. The van der Waals surface area contributed by atoms with Crippen LogP contribution in [0.1, 0.15) is 19.3 Å². The van der Waals surface area contributed by atoms with Gasteiger partial charge in [-0.2, -0.15) is 0 Å². The van der Waals surface area contributed by atoms with E-state index >= 15 is 0 Å². The van der Waals surface area contributed by atoms with Crippen LogP contribution in [0.3, 0.4) is 0 Å². The van der Waals surface area contributed by atoms with Gasteiger partial charge in [0.2, 0.25) is 5.91 Å². The van der Waals surface area contributed by atoms with Crippen LogP contribution in [0.25, 0.3) is 0 Å². The number of amides is 3. The van der Waals surface area contributed by atoms with Gasteiger partial charge < -0.3 is 24.5 Å². The molecule has 0 aliphatic carbocycles. The van der Waals surface area contributed by atoms with Gasteiger partial charge >= 0.3 is 6.03 Å². The quantitative estimate of drug-likeness (QED) is 0.822. The van der Waals surface area contributed by atoms with Crippen LogP contribution >= 0.6 is 0 Å². The number of nitrogens with zero attached hydrogens (tertiary/aromatic N) is 3. The molecule has 0 aromatic heterocycles. The highest BCUT2D eigenvalue weighted by atomic mass is 19.1. The van der Waals surface area contributed by atoms with Crippen LogP contribution in [-0.4, -0.2) is 84.2 Å². The van der Waals surface area contributed by atoms with E-state index in [2.05, 4.69) is 0 Å². The van der Waals surface area contributed by atoms with Crippen LogP contribution in [-0.2, 0) is 4.79 Å². The van der Waals surface area contributed by atoms with Crippen molar-refractivity contribution in [1.82, 2.24) is 14.7 Å². The van der Waals surface area contributed by atoms with Gasteiger partial charge in [0, 0.05) is 64.3 Å². The zero-order valence-electron chi connectivity index (χ0n) is 16.7. The van der Waals surface area contributed by atoms with Crippen LogP contribution in [0.15, 0.2) is 18.2 Å². The van der Waals surface area contributed by atoms with E-state index in [1.165, 1.54) is 4.90 Å². The minimum absolute atomic E-state index is 0.0178. The van der Waals surface area contributed by atoms with Crippen molar-refractivity contribution in [1.29, 1.82) is 0 Å². The van der Waals surface area contributed by atoms with Crippen LogP contribution < -0.4 is 4.74 Å². The first-order valence-corrected chi connectivity index (χ1v) is 9.80. The summed E-state index contributed by atoms with van der Waals surface area (Å²) in [4.78, 5) is 29.7. The normalized spacial score (nSPS) is 23.1. The fourth-order valence-electron chi connectivity index (χ4n) is 3.88. The second-order valence-corrected chi connectivity index (χ2v) is 7.84. The van der Waals surface area contributed by atoms with E-state index in [-0.39, 0.29) is 30.2 Å². The third kappa shape index (κ3) is 5.14. The molecule has 0 spiro atoms. The van der Waals surface area contributed by atoms with Crippen LogP contribution in [0.2, 0.25) is 0 Å². The highest BCUT2D eigenvalue weighted by molar-refractivity contribution is 5.80. The Morgan fingerprint density at radius 2 is 1.62 bits per heavy atom. The molecule has 0 bridgehead atoms. The van der Waals surface area contributed by atoms with Gasteiger partial charge in [-0.05, 0) is 12.8 Å². The van der Waals surface area contributed by atoms with Gasteiger partial charge in [0.05, 0.1) is 6.54 Å². The standard InChI is InChI=1S/C20H27F2N3O4/c1-23(2)20(28)24-6-3-13(4-7-24)19(27)25-8-5-18(17(26)12-25)29-16-10-14(21)9-15(22)11-16/h9-11,13,17-18,26H,3-8,12H2,1-2H3/t17-,18-/m1/s1. The van der Waals surface area contributed by atoms with Gasteiger partial charge in [0.15, 0.2) is 0 Å². The van der Waals surface area contributed by atoms with E-state index in [0.29, 0.717) is 38.9 Å². The van der Waals surface area contributed by atoms with E-state index in [4.69, 9.17) is 4.74 Å². The van der Waals surface area contributed by atoms with Crippen LogP contribution in [0.4, 0.5) is 13.6 Å². The summed E-state index contributed by atoms with van der Waals surface area (Å²) in [6.07, 6.45) is -0.0430. The molecular formula is C20H27F2N3O4. The number of halogens is 2. The molecule has 3 amide bonds. The lowest BCUT2D eigenvalue weighted by Gasteiger charge is -2.39. The number of hydrogen-bond donors (Lipinski definition) is 1. The molecule has 1 aromatic rings. The van der Waals surface area contributed by atoms with E-state index in [0.717, 1.165) is 18.2 Å². The molecule has 7 nitrogen and oxygen atoms in total. The van der Waals surface area contributed by atoms with Crippen molar-refractivity contribution in [2.75, 3.05) is 40.3 Å². The second-order valence-electron chi connectivity index (χ2n) is 7.84. The monoisotopic (exact) mass is 411 g/mol. The Hall–Kier alpha value is -2.42. The van der Waals surface area contributed by atoms with Gasteiger partial charge in [-0.25, -0.2) is 13.6 Å². The molecule has 2 atom stereocenters. The molecule has 1 N–H and O–H groups in total. The van der Waals surface area contributed by atoms with Crippen molar-refractivity contribution in [3.05, 3.63) is 29.8 Å². The topological polar surface area (TPSA) is 73.3 Å². The highest BCUT2D eigenvalue weighted by Gasteiger charge is 2.36. The van der Waals surface area contributed by atoms with Crippen molar-refractivity contribution >= 4 is 11.9 Å². The third-order valence-corrected chi connectivity index (χ3v) is 5.45. The molecule has 0 radical (unpaired) electrons. The Labute approximate surface area is 168 Å². The van der Waals surface area contributed by atoms with Crippen LogP contribution in [0, 0.1) is 17.6 Å². The van der Waals surface area contributed by atoms with Crippen molar-refractivity contribution in [3.63, 3.8) is 0 Å². The van der Waals surface area contributed by atoms with Crippen molar-refractivity contribution in [2.24, 2.45) is 5.92 Å². The van der Waals surface area contributed by atoms with Crippen molar-refractivity contribution < 1.29 is 28.2 Å².